The maximum absolute atomic E-state index is 7.09. The highest BCUT2D eigenvalue weighted by atomic mass is 32.5. The van der Waals surface area contributed by atoms with Gasteiger partial charge in [-0.25, -0.2) is 18.7 Å². The summed E-state index contributed by atoms with van der Waals surface area (Å²) in [7, 11) is 15.0. The largest absolute Gasteiger partial charge is 0.424 e. The molecule has 3 heterocycles. The third-order valence-corrected chi connectivity index (χ3v) is 25.7. The second kappa shape index (κ2) is 17.7. The van der Waals surface area contributed by atoms with Gasteiger partial charge in [-0.2, -0.15) is 0 Å². The van der Waals surface area contributed by atoms with Crippen LogP contribution in [-0.4, -0.2) is 75.1 Å². The average Bonchev–Trinajstić information content (AvgIpc) is 3.42. The van der Waals surface area contributed by atoms with Crippen LogP contribution in [0, 0.1) is 0 Å². The Hall–Kier alpha value is -4.36. The van der Waals surface area contributed by atoms with Crippen LogP contribution in [0.5, 0.6) is 40.2 Å². The highest BCUT2D eigenvalue weighted by Crippen LogP contribution is 2.60. The van der Waals surface area contributed by atoms with E-state index in [9.17, 15) is 0 Å². The van der Waals surface area contributed by atoms with Crippen LogP contribution in [0.3, 0.4) is 0 Å². The molecule has 3 aliphatic heterocycles. The van der Waals surface area contributed by atoms with E-state index >= 15 is 0 Å². The molecule has 0 N–H and O–H groups in total. The second-order valence-corrected chi connectivity index (χ2v) is 32.0. The van der Waals surface area contributed by atoms with Gasteiger partial charge in [0.15, 0.2) is 0 Å². The number of allylic oxidation sites excluding steroid dienone is 2. The Morgan fingerprint density at radius 3 is 1.17 bits per heavy atom. The third kappa shape index (κ3) is 8.48. The summed E-state index contributed by atoms with van der Waals surface area (Å²) >= 11 is 25.5. The number of hydrogen-bond acceptors (Lipinski definition) is 12. The normalized spacial score (nSPS) is 23.7. The smallest absolute Gasteiger partial charge is 0.367 e. The van der Waals surface area contributed by atoms with E-state index in [0.717, 1.165) is 65.7 Å². The molecular weight excluding hydrogens is 1040 g/mol. The van der Waals surface area contributed by atoms with Gasteiger partial charge in [0.1, 0.15) is 46.0 Å². The van der Waals surface area contributed by atoms with E-state index in [1.165, 1.54) is 0 Å². The maximum Gasteiger partial charge on any atom is 0.367 e. The average molecular weight is 1090 g/mol. The Kier molecular flexibility index (Phi) is 12.1. The van der Waals surface area contributed by atoms with Crippen LogP contribution in [0.1, 0.15) is 27.8 Å². The fraction of sp³-hybridized carbons (Fsp3) is 0.200. The van der Waals surface area contributed by atoms with Crippen LogP contribution in [0.15, 0.2) is 121 Å². The molecule has 4 unspecified atom stereocenters. The van der Waals surface area contributed by atoms with Crippen LogP contribution in [-0.2, 0) is 64.6 Å². The van der Waals surface area contributed by atoms with Crippen molar-refractivity contribution in [1.82, 2.24) is 18.7 Å². The summed E-state index contributed by atoms with van der Waals surface area (Å²) in [5.41, 5.74) is 5.27. The number of rotatable bonds is 4. The van der Waals surface area contributed by atoms with Gasteiger partial charge in [0.2, 0.25) is 0 Å². The monoisotopic (exact) mass is 1080 g/mol. The summed E-state index contributed by atoms with van der Waals surface area (Å²) in [6, 6.07) is 35.9. The van der Waals surface area contributed by atoms with Gasteiger partial charge < -0.3 is 36.2 Å². The zero-order valence-corrected chi connectivity index (χ0v) is 46.3. The predicted molar refractivity (Wildman–Crippen MR) is 298 cm³/mol. The minimum absolute atomic E-state index is 0.368. The first-order valence-corrected chi connectivity index (χ1v) is 32.6. The molecule has 0 saturated carbocycles. The molecule has 0 saturated heterocycles. The molecule has 7 aromatic rings. The Morgan fingerprint density at radius 1 is 0.371 bits per heavy atom. The van der Waals surface area contributed by atoms with E-state index < -0.39 is 26.6 Å². The molecule has 20 heteroatoms. The molecule has 4 aliphatic rings. The lowest BCUT2D eigenvalue weighted by atomic mass is 9.92. The van der Waals surface area contributed by atoms with Crippen LogP contribution in [0.25, 0.3) is 44.0 Å². The lowest BCUT2D eigenvalue weighted by molar-refractivity contribution is 0.358. The molecule has 12 nitrogen and oxygen atoms in total. The van der Waals surface area contributed by atoms with Crippen LogP contribution < -0.4 is 31.7 Å². The molecule has 0 radical (unpaired) electrons. The summed E-state index contributed by atoms with van der Waals surface area (Å²) in [4.78, 5) is 0. The Morgan fingerprint density at radius 2 is 0.729 bits per heavy atom. The minimum atomic E-state index is -3.34. The first-order valence-electron chi connectivity index (χ1n) is 22.2. The van der Waals surface area contributed by atoms with Gasteiger partial charge in [0.25, 0.3) is 0 Å². The van der Waals surface area contributed by atoms with Crippen LogP contribution >= 0.6 is 26.6 Å². The van der Waals surface area contributed by atoms with Gasteiger partial charge >= 0.3 is 26.6 Å². The molecule has 70 heavy (non-hydrogen) atoms. The molecule has 4 atom stereocenters. The molecule has 1 aliphatic carbocycles. The number of benzene rings is 7. The van der Waals surface area contributed by atoms with Gasteiger partial charge in [0, 0.05) is 87.9 Å². The Labute approximate surface area is 428 Å². The molecule has 7 aromatic carbocycles. The van der Waals surface area contributed by atoms with E-state index in [1.54, 1.807) is 0 Å². The molecule has 11 rings (SSSR count). The Bertz CT molecular complexity index is 3660. The zero-order chi connectivity index (χ0) is 49.1. The Balaban J connectivity index is 1.18. The molecule has 0 fully saturated rings. The molecule has 0 aromatic heterocycles. The summed E-state index contributed by atoms with van der Waals surface area (Å²) < 4.78 is 62.5. The summed E-state index contributed by atoms with van der Waals surface area (Å²) in [5.74, 6) is 4.53. The summed E-state index contributed by atoms with van der Waals surface area (Å²) in [5, 5.41) is 5.61. The van der Waals surface area contributed by atoms with Crippen molar-refractivity contribution in [1.29, 1.82) is 0 Å². The topological polar surface area (TPSA) is 86.8 Å². The van der Waals surface area contributed by atoms with Crippen LogP contribution in [0.4, 0.5) is 0 Å². The quantitative estimate of drug-likeness (QED) is 0.157. The van der Waals surface area contributed by atoms with E-state index in [-0.39, 0.29) is 0 Å². The van der Waals surface area contributed by atoms with Gasteiger partial charge in [-0.3, -0.25) is 0 Å². The number of nitrogens with zero attached hydrogens (tertiary/aromatic N) is 4. The summed E-state index contributed by atoms with van der Waals surface area (Å²) in [6.45, 7) is -12.9. The highest BCUT2D eigenvalue weighted by Gasteiger charge is 2.37. The van der Waals surface area contributed by atoms with Gasteiger partial charge in [0.05, 0.1) is 0 Å². The molecule has 0 amide bonds. The molecular formula is C50H48N4O8P4S4. The van der Waals surface area contributed by atoms with Crippen molar-refractivity contribution >= 4 is 118 Å². The lowest BCUT2D eigenvalue weighted by Crippen LogP contribution is -2.19. The van der Waals surface area contributed by atoms with E-state index in [0.29, 0.717) is 58.8 Å². The van der Waals surface area contributed by atoms with E-state index in [2.05, 4.69) is 6.07 Å². The van der Waals surface area contributed by atoms with Crippen molar-refractivity contribution < 1.29 is 36.2 Å². The van der Waals surface area contributed by atoms with Crippen molar-refractivity contribution in [3.8, 4) is 40.2 Å². The lowest BCUT2D eigenvalue weighted by Gasteiger charge is -2.33. The fourth-order valence-corrected chi connectivity index (χ4v) is 15.4. The van der Waals surface area contributed by atoms with E-state index in [4.69, 9.17) is 83.4 Å². The van der Waals surface area contributed by atoms with Crippen molar-refractivity contribution in [3.63, 3.8) is 0 Å². The fourth-order valence-electron chi connectivity index (χ4n) is 8.74. The van der Waals surface area contributed by atoms with Gasteiger partial charge in [-0.15, -0.1) is 0 Å². The van der Waals surface area contributed by atoms with E-state index in [1.807, 2.05) is 190 Å². The van der Waals surface area contributed by atoms with Gasteiger partial charge in [-0.1, -0.05) is 48.5 Å². The van der Waals surface area contributed by atoms with Crippen molar-refractivity contribution in [3.05, 3.63) is 149 Å². The first-order chi connectivity index (χ1) is 33.3. The second-order valence-electron chi connectivity index (χ2n) is 18.1. The SMILES string of the molecule is CN(C)P1(=S)Oc2ccc3ccc4c(c3c2)CC2=C(C=Cc3ccc(c2c3)OP(=S)(N(C)C)Oc2ccc3ccc5c(c3c2)Cc2c(ccc3ccc(cc23)O1)OP(=S)(N(C)C)O5)OP(=S)(N(C)C)O4. The highest BCUT2D eigenvalue weighted by molar-refractivity contribution is 8.10. The minimum Gasteiger partial charge on any atom is -0.424 e. The van der Waals surface area contributed by atoms with Crippen molar-refractivity contribution in [2.45, 2.75) is 12.8 Å². The predicted octanol–water partition coefficient (Wildman–Crippen LogP) is 13.3. The third-order valence-electron chi connectivity index (χ3n) is 12.6. The van der Waals surface area contributed by atoms with Crippen molar-refractivity contribution in [2.24, 2.45) is 0 Å². The molecule has 0 spiro atoms. The number of hydrogen-bond donors (Lipinski definition) is 0. The van der Waals surface area contributed by atoms with Crippen LogP contribution in [0.2, 0.25) is 0 Å². The zero-order valence-electron chi connectivity index (χ0n) is 39.4. The maximum atomic E-state index is 7.09. The first kappa shape index (κ1) is 47.9. The standard InChI is InChI=1S/C50H48N4O8P4S4/c1-51(2)63(67)55-35-17-11-32-14-22-48-42(38(32)26-35)29-43-39-28-37(19-13-33(39)15-23-49(43)61-66(70,60-48)54(7)8)57-64(68,52(3)4)58-46-20-9-31-10-21-47-45(41(46)25-31)30-44-40-27-36(56-63)18-12-34(40)16-24-50(44)62-65(69,59-47)53(5)6/h9-28H,29-30H2,1-8H3. The molecule has 360 valence electrons. The number of fused-ring (bicyclic) bond motifs is 4. The summed E-state index contributed by atoms with van der Waals surface area (Å²) in [6.07, 6.45) is 4.75. The molecule has 12 bridgehead atoms. The van der Waals surface area contributed by atoms with Gasteiger partial charge in [-0.05, 0) is 167 Å². The van der Waals surface area contributed by atoms with Crippen molar-refractivity contribution in [2.75, 3.05) is 56.4 Å².